The van der Waals surface area contributed by atoms with Gasteiger partial charge in [0.05, 0.1) is 12.8 Å². The summed E-state index contributed by atoms with van der Waals surface area (Å²) in [5.74, 6) is 0.837. The lowest BCUT2D eigenvalue weighted by Gasteiger charge is -2.05. The van der Waals surface area contributed by atoms with Gasteiger partial charge >= 0.3 is 0 Å². The van der Waals surface area contributed by atoms with Crippen LogP contribution in [0.15, 0.2) is 24.5 Å². The minimum absolute atomic E-state index is 0.727. The van der Waals surface area contributed by atoms with Crippen molar-refractivity contribution in [2.75, 3.05) is 19.7 Å². The molecule has 2 heterocycles. The number of nitrogens with zero attached hydrogens (tertiary/aromatic N) is 1. The number of hydrogen-bond acceptors (Lipinski definition) is 3. The van der Waals surface area contributed by atoms with Crippen LogP contribution >= 0.6 is 0 Å². The highest BCUT2D eigenvalue weighted by atomic mass is 16.5. The van der Waals surface area contributed by atoms with Crippen molar-refractivity contribution in [1.82, 2.24) is 15.3 Å². The molecule has 2 aromatic heterocycles. The molecule has 0 spiro atoms. The zero-order valence-electron chi connectivity index (χ0n) is 9.49. The van der Waals surface area contributed by atoms with Gasteiger partial charge in [0.2, 0.25) is 0 Å². The van der Waals surface area contributed by atoms with Crippen LogP contribution in [0, 0.1) is 0 Å². The van der Waals surface area contributed by atoms with E-state index < -0.39 is 0 Å². The Morgan fingerprint density at radius 1 is 1.50 bits per heavy atom. The Balaban J connectivity index is 1.84. The topological polar surface area (TPSA) is 49.9 Å². The first-order valence-corrected chi connectivity index (χ1v) is 5.67. The summed E-state index contributed by atoms with van der Waals surface area (Å²) in [6.45, 7) is 4.84. The third kappa shape index (κ3) is 2.73. The van der Waals surface area contributed by atoms with Crippen molar-refractivity contribution in [2.45, 2.75) is 13.3 Å². The van der Waals surface area contributed by atoms with E-state index in [9.17, 15) is 0 Å². The van der Waals surface area contributed by atoms with Crippen LogP contribution in [0.25, 0.3) is 11.0 Å². The number of aromatic nitrogens is 2. The van der Waals surface area contributed by atoms with E-state index in [4.69, 9.17) is 4.74 Å². The molecule has 2 aromatic rings. The van der Waals surface area contributed by atoms with Gasteiger partial charge in [-0.2, -0.15) is 0 Å². The molecule has 2 N–H and O–H groups in total. The molecule has 0 fully saturated rings. The third-order valence-corrected chi connectivity index (χ3v) is 2.39. The van der Waals surface area contributed by atoms with Crippen LogP contribution < -0.4 is 10.1 Å². The molecule has 0 saturated heterocycles. The maximum atomic E-state index is 5.61. The molecule has 0 aliphatic rings. The summed E-state index contributed by atoms with van der Waals surface area (Å²) in [7, 11) is 0. The second-order valence-electron chi connectivity index (χ2n) is 3.64. The number of nitrogens with one attached hydrogen (secondary N) is 2. The van der Waals surface area contributed by atoms with E-state index >= 15 is 0 Å². The summed E-state index contributed by atoms with van der Waals surface area (Å²) in [5.41, 5.74) is 0.903. The van der Waals surface area contributed by atoms with Crippen molar-refractivity contribution in [3.05, 3.63) is 24.5 Å². The van der Waals surface area contributed by atoms with Gasteiger partial charge in [0.25, 0.3) is 0 Å². The first kappa shape index (κ1) is 11.0. The molecule has 4 nitrogen and oxygen atoms in total. The summed E-state index contributed by atoms with van der Waals surface area (Å²) in [6.07, 6.45) is 4.65. The van der Waals surface area contributed by atoms with Crippen LogP contribution in [0.1, 0.15) is 13.3 Å². The molecule has 0 amide bonds. The minimum Gasteiger partial charge on any atom is -0.492 e. The summed E-state index contributed by atoms with van der Waals surface area (Å²) in [5, 5.41) is 4.35. The maximum Gasteiger partial charge on any atom is 0.138 e. The summed E-state index contributed by atoms with van der Waals surface area (Å²) in [4.78, 5) is 7.31. The zero-order chi connectivity index (χ0) is 11.2. The number of aromatic amines is 1. The molecule has 0 saturated carbocycles. The highest BCUT2D eigenvalue weighted by Gasteiger charge is 1.98. The van der Waals surface area contributed by atoms with E-state index in [1.54, 1.807) is 6.20 Å². The molecule has 0 aliphatic heterocycles. The molecule has 86 valence electrons. The average Bonchev–Trinajstić information content (AvgIpc) is 2.76. The van der Waals surface area contributed by atoms with Crippen molar-refractivity contribution in [3.8, 4) is 5.75 Å². The Hall–Kier alpha value is -1.55. The molecular weight excluding hydrogens is 202 g/mol. The predicted molar refractivity (Wildman–Crippen MR) is 64.7 cm³/mol. The van der Waals surface area contributed by atoms with Crippen molar-refractivity contribution in [1.29, 1.82) is 0 Å². The molecule has 0 radical (unpaired) electrons. The van der Waals surface area contributed by atoms with Crippen molar-refractivity contribution in [3.63, 3.8) is 0 Å². The molecule has 0 aliphatic carbocycles. The number of fused-ring (bicyclic) bond motifs is 1. The smallest absolute Gasteiger partial charge is 0.138 e. The van der Waals surface area contributed by atoms with Crippen LogP contribution in [0.2, 0.25) is 0 Å². The van der Waals surface area contributed by atoms with Crippen molar-refractivity contribution < 1.29 is 4.74 Å². The molecule has 16 heavy (non-hydrogen) atoms. The number of ether oxygens (including phenoxy) is 1. The molecular formula is C12H17N3O. The SMILES string of the molecule is CCNCCCOc1cnc2[nH]ccc2c1. The quantitative estimate of drug-likeness (QED) is 0.730. The van der Waals surface area contributed by atoms with Crippen molar-refractivity contribution >= 4 is 11.0 Å². The number of H-pyrrole nitrogens is 1. The van der Waals surface area contributed by atoms with Gasteiger partial charge in [-0.1, -0.05) is 6.92 Å². The molecule has 0 unspecified atom stereocenters. The Morgan fingerprint density at radius 2 is 2.44 bits per heavy atom. The summed E-state index contributed by atoms with van der Waals surface area (Å²) < 4.78 is 5.61. The van der Waals surface area contributed by atoms with Gasteiger partial charge in [-0.3, -0.25) is 0 Å². The van der Waals surface area contributed by atoms with Crippen LogP contribution in [0.4, 0.5) is 0 Å². The van der Waals surface area contributed by atoms with E-state index in [1.165, 1.54) is 0 Å². The monoisotopic (exact) mass is 219 g/mol. The van der Waals surface area contributed by atoms with E-state index in [0.29, 0.717) is 0 Å². The van der Waals surface area contributed by atoms with Crippen LogP contribution in [-0.2, 0) is 0 Å². The van der Waals surface area contributed by atoms with Gasteiger partial charge in [0, 0.05) is 11.6 Å². The Bertz CT molecular complexity index is 439. The molecule has 0 atom stereocenters. The third-order valence-electron chi connectivity index (χ3n) is 2.39. The molecule has 0 aromatic carbocycles. The Labute approximate surface area is 95.0 Å². The second-order valence-corrected chi connectivity index (χ2v) is 3.64. The standard InChI is InChI=1S/C12H17N3O/c1-2-13-5-3-7-16-11-8-10-4-6-14-12(10)15-9-11/h4,6,8-9,13H,2-3,5,7H2,1H3,(H,14,15). The van der Waals surface area contributed by atoms with E-state index in [1.807, 2.05) is 18.3 Å². The fourth-order valence-electron chi connectivity index (χ4n) is 1.56. The lowest BCUT2D eigenvalue weighted by Crippen LogP contribution is -2.16. The maximum absolute atomic E-state index is 5.61. The molecule has 0 bridgehead atoms. The summed E-state index contributed by atoms with van der Waals surface area (Å²) >= 11 is 0. The Kier molecular flexibility index (Phi) is 3.77. The number of pyridine rings is 1. The lowest BCUT2D eigenvalue weighted by atomic mass is 10.3. The van der Waals surface area contributed by atoms with Crippen LogP contribution in [-0.4, -0.2) is 29.7 Å². The average molecular weight is 219 g/mol. The van der Waals surface area contributed by atoms with Crippen LogP contribution in [0.3, 0.4) is 0 Å². The predicted octanol–water partition coefficient (Wildman–Crippen LogP) is 1.94. The fraction of sp³-hybridized carbons (Fsp3) is 0.417. The second kappa shape index (κ2) is 5.51. The van der Waals surface area contributed by atoms with E-state index in [2.05, 4.69) is 22.2 Å². The highest BCUT2D eigenvalue weighted by molar-refractivity contribution is 5.76. The van der Waals surface area contributed by atoms with Crippen molar-refractivity contribution in [2.24, 2.45) is 0 Å². The number of rotatable bonds is 6. The minimum atomic E-state index is 0.727. The van der Waals surface area contributed by atoms with Gasteiger partial charge < -0.3 is 15.0 Å². The van der Waals surface area contributed by atoms with E-state index in [0.717, 1.165) is 42.9 Å². The summed E-state index contributed by atoms with van der Waals surface area (Å²) in [6, 6.07) is 4.00. The first-order chi connectivity index (χ1) is 7.90. The van der Waals surface area contributed by atoms with E-state index in [-0.39, 0.29) is 0 Å². The largest absolute Gasteiger partial charge is 0.492 e. The fourth-order valence-corrected chi connectivity index (χ4v) is 1.56. The van der Waals surface area contributed by atoms with Gasteiger partial charge in [-0.05, 0) is 31.6 Å². The normalized spacial score (nSPS) is 10.8. The van der Waals surface area contributed by atoms with Gasteiger partial charge in [-0.15, -0.1) is 0 Å². The lowest BCUT2D eigenvalue weighted by molar-refractivity contribution is 0.308. The zero-order valence-corrected chi connectivity index (χ0v) is 9.49. The molecule has 2 rings (SSSR count). The Morgan fingerprint density at radius 3 is 3.31 bits per heavy atom. The van der Waals surface area contributed by atoms with Crippen LogP contribution in [0.5, 0.6) is 5.75 Å². The molecule has 4 heteroatoms. The number of hydrogen-bond donors (Lipinski definition) is 2. The van der Waals surface area contributed by atoms with Gasteiger partial charge in [0.1, 0.15) is 11.4 Å². The first-order valence-electron chi connectivity index (χ1n) is 5.67. The van der Waals surface area contributed by atoms with Gasteiger partial charge in [0.15, 0.2) is 0 Å². The highest BCUT2D eigenvalue weighted by Crippen LogP contribution is 2.16. The van der Waals surface area contributed by atoms with Gasteiger partial charge in [-0.25, -0.2) is 4.98 Å².